The Bertz CT molecular complexity index is 612. The van der Waals surface area contributed by atoms with Crippen LogP contribution in [0.15, 0.2) is 35.8 Å². The van der Waals surface area contributed by atoms with E-state index < -0.39 is 0 Å². The predicted molar refractivity (Wildman–Crippen MR) is 85.1 cm³/mol. The third kappa shape index (κ3) is 4.03. The monoisotopic (exact) mass is 319 g/mol. The summed E-state index contributed by atoms with van der Waals surface area (Å²) in [6, 6.07) is 7.35. The standard InChI is InChI=1S/C15H17N3O3S/c19-15(17-9-13-10-20-5-6-21-13)18-12-3-1-2-11(8-12)14-16-4-7-22-14/h1-4,7-8,13H,5-6,9-10H2,(H2,17,18,19)/t13-/m0/s1. The normalized spacial score (nSPS) is 17.9. The molecule has 3 rings (SSSR count). The highest BCUT2D eigenvalue weighted by Crippen LogP contribution is 2.24. The number of urea groups is 1. The maximum absolute atomic E-state index is 11.9. The van der Waals surface area contributed by atoms with Crippen LogP contribution in [0.2, 0.25) is 0 Å². The summed E-state index contributed by atoms with van der Waals surface area (Å²) in [6.07, 6.45) is 1.68. The van der Waals surface area contributed by atoms with E-state index in [4.69, 9.17) is 9.47 Å². The summed E-state index contributed by atoms with van der Waals surface area (Å²) in [5, 5.41) is 8.45. The van der Waals surface area contributed by atoms with Gasteiger partial charge in [-0.05, 0) is 12.1 Å². The van der Waals surface area contributed by atoms with Gasteiger partial charge in [0.05, 0.1) is 25.9 Å². The average Bonchev–Trinajstić information content (AvgIpc) is 3.09. The highest BCUT2D eigenvalue weighted by Gasteiger charge is 2.15. The van der Waals surface area contributed by atoms with E-state index in [9.17, 15) is 4.79 Å². The van der Waals surface area contributed by atoms with E-state index in [1.54, 1.807) is 17.5 Å². The maximum atomic E-state index is 11.9. The zero-order valence-corrected chi connectivity index (χ0v) is 12.8. The SMILES string of the molecule is O=C(NC[C@H]1COCCO1)Nc1cccc(-c2nccs2)c1. The van der Waals surface area contributed by atoms with Gasteiger partial charge in [-0.2, -0.15) is 0 Å². The van der Waals surface area contributed by atoms with E-state index in [-0.39, 0.29) is 12.1 Å². The molecule has 0 radical (unpaired) electrons. The Kier molecular flexibility index (Phi) is 4.99. The van der Waals surface area contributed by atoms with Gasteiger partial charge in [-0.15, -0.1) is 11.3 Å². The second-order valence-electron chi connectivity index (χ2n) is 4.82. The molecule has 2 N–H and O–H groups in total. The fourth-order valence-corrected chi connectivity index (χ4v) is 2.77. The predicted octanol–water partition coefficient (Wildman–Crippen LogP) is 2.35. The molecule has 1 aromatic carbocycles. The maximum Gasteiger partial charge on any atom is 0.319 e. The number of hydrogen-bond donors (Lipinski definition) is 2. The van der Waals surface area contributed by atoms with Crippen LogP contribution in [-0.2, 0) is 9.47 Å². The molecule has 0 spiro atoms. The van der Waals surface area contributed by atoms with Crippen molar-refractivity contribution in [1.82, 2.24) is 10.3 Å². The molecule has 116 valence electrons. The lowest BCUT2D eigenvalue weighted by Crippen LogP contribution is -2.41. The number of carbonyl (C=O) groups is 1. The summed E-state index contributed by atoms with van der Waals surface area (Å²) in [4.78, 5) is 16.2. The number of amides is 2. The van der Waals surface area contributed by atoms with Gasteiger partial charge >= 0.3 is 6.03 Å². The minimum atomic E-state index is -0.259. The van der Waals surface area contributed by atoms with Crippen LogP contribution < -0.4 is 10.6 Å². The first kappa shape index (κ1) is 15.0. The third-order valence-corrected chi connectivity index (χ3v) is 4.00. The largest absolute Gasteiger partial charge is 0.376 e. The van der Waals surface area contributed by atoms with Crippen molar-refractivity contribution in [3.8, 4) is 10.6 Å². The first-order valence-corrected chi connectivity index (χ1v) is 7.93. The van der Waals surface area contributed by atoms with Gasteiger partial charge in [0.15, 0.2) is 0 Å². The van der Waals surface area contributed by atoms with Crippen molar-refractivity contribution in [3.05, 3.63) is 35.8 Å². The molecular weight excluding hydrogens is 302 g/mol. The molecule has 1 fully saturated rings. The van der Waals surface area contributed by atoms with Crippen molar-refractivity contribution < 1.29 is 14.3 Å². The molecule has 1 saturated heterocycles. The second kappa shape index (κ2) is 7.35. The molecule has 1 atom stereocenters. The van der Waals surface area contributed by atoms with Gasteiger partial charge < -0.3 is 20.1 Å². The van der Waals surface area contributed by atoms with E-state index in [1.165, 1.54) is 0 Å². The summed E-state index contributed by atoms with van der Waals surface area (Å²) in [7, 11) is 0. The van der Waals surface area contributed by atoms with Crippen molar-refractivity contribution in [2.24, 2.45) is 0 Å². The Balaban J connectivity index is 1.54. The Morgan fingerprint density at radius 2 is 2.36 bits per heavy atom. The van der Waals surface area contributed by atoms with Crippen LogP contribution in [0.5, 0.6) is 0 Å². The van der Waals surface area contributed by atoms with Crippen molar-refractivity contribution >= 4 is 23.1 Å². The number of thiazole rings is 1. The van der Waals surface area contributed by atoms with Gasteiger partial charge in [-0.25, -0.2) is 9.78 Å². The molecule has 1 aliphatic rings. The van der Waals surface area contributed by atoms with Crippen LogP contribution in [0.4, 0.5) is 10.5 Å². The number of anilines is 1. The van der Waals surface area contributed by atoms with E-state index in [0.29, 0.717) is 26.4 Å². The lowest BCUT2D eigenvalue weighted by molar-refractivity contribution is -0.0852. The van der Waals surface area contributed by atoms with E-state index >= 15 is 0 Å². The molecule has 0 saturated carbocycles. The average molecular weight is 319 g/mol. The number of benzene rings is 1. The van der Waals surface area contributed by atoms with Gasteiger partial charge in [0.2, 0.25) is 0 Å². The number of hydrogen-bond acceptors (Lipinski definition) is 5. The minimum absolute atomic E-state index is 0.0823. The topological polar surface area (TPSA) is 72.5 Å². The van der Waals surface area contributed by atoms with Crippen LogP contribution in [0.1, 0.15) is 0 Å². The van der Waals surface area contributed by atoms with Gasteiger partial charge in [-0.1, -0.05) is 12.1 Å². The smallest absolute Gasteiger partial charge is 0.319 e. The fourth-order valence-electron chi connectivity index (χ4n) is 2.13. The molecule has 2 heterocycles. The molecule has 22 heavy (non-hydrogen) atoms. The highest BCUT2D eigenvalue weighted by atomic mass is 32.1. The summed E-state index contributed by atoms with van der Waals surface area (Å²) in [6.45, 7) is 2.13. The van der Waals surface area contributed by atoms with Crippen LogP contribution in [0, 0.1) is 0 Å². The van der Waals surface area contributed by atoms with E-state index in [0.717, 1.165) is 16.3 Å². The minimum Gasteiger partial charge on any atom is -0.376 e. The molecule has 0 bridgehead atoms. The van der Waals surface area contributed by atoms with Gasteiger partial charge in [0.1, 0.15) is 5.01 Å². The molecular formula is C15H17N3O3S. The summed E-state index contributed by atoms with van der Waals surface area (Å²) >= 11 is 1.56. The Morgan fingerprint density at radius 3 is 3.14 bits per heavy atom. The molecule has 6 nitrogen and oxygen atoms in total. The van der Waals surface area contributed by atoms with Crippen molar-refractivity contribution in [2.45, 2.75) is 6.10 Å². The Hall–Kier alpha value is -1.96. The zero-order chi connectivity index (χ0) is 15.2. The van der Waals surface area contributed by atoms with Gasteiger partial charge in [0, 0.05) is 29.4 Å². The molecule has 0 unspecified atom stereocenters. The van der Waals surface area contributed by atoms with E-state index in [2.05, 4.69) is 15.6 Å². The van der Waals surface area contributed by atoms with Crippen LogP contribution >= 0.6 is 11.3 Å². The molecule has 7 heteroatoms. The van der Waals surface area contributed by atoms with Crippen LogP contribution in [0.25, 0.3) is 10.6 Å². The highest BCUT2D eigenvalue weighted by molar-refractivity contribution is 7.13. The number of rotatable bonds is 4. The van der Waals surface area contributed by atoms with Gasteiger partial charge in [0.25, 0.3) is 0 Å². The summed E-state index contributed by atoms with van der Waals surface area (Å²) in [5.41, 5.74) is 1.71. The number of carbonyl (C=O) groups excluding carboxylic acids is 1. The summed E-state index contributed by atoms with van der Waals surface area (Å²) in [5.74, 6) is 0. The number of aromatic nitrogens is 1. The fraction of sp³-hybridized carbons (Fsp3) is 0.333. The Morgan fingerprint density at radius 1 is 1.41 bits per heavy atom. The molecule has 0 aliphatic carbocycles. The lowest BCUT2D eigenvalue weighted by atomic mass is 10.2. The zero-order valence-electron chi connectivity index (χ0n) is 12.0. The molecule has 2 aromatic rings. The van der Waals surface area contributed by atoms with Crippen molar-refractivity contribution in [1.29, 1.82) is 0 Å². The van der Waals surface area contributed by atoms with Crippen molar-refractivity contribution in [2.75, 3.05) is 31.7 Å². The first-order chi connectivity index (χ1) is 10.8. The second-order valence-corrected chi connectivity index (χ2v) is 5.72. The summed E-state index contributed by atoms with van der Waals surface area (Å²) < 4.78 is 10.8. The van der Waals surface area contributed by atoms with Crippen LogP contribution in [-0.4, -0.2) is 43.5 Å². The molecule has 2 amide bonds. The molecule has 1 aromatic heterocycles. The Labute approximate surface area is 132 Å². The molecule has 1 aliphatic heterocycles. The van der Waals surface area contributed by atoms with Gasteiger partial charge in [-0.3, -0.25) is 0 Å². The lowest BCUT2D eigenvalue weighted by Gasteiger charge is -2.23. The van der Waals surface area contributed by atoms with E-state index in [1.807, 2.05) is 29.6 Å². The first-order valence-electron chi connectivity index (χ1n) is 7.05. The number of nitrogens with zero attached hydrogens (tertiary/aromatic N) is 1. The number of ether oxygens (including phenoxy) is 2. The van der Waals surface area contributed by atoms with Crippen LogP contribution in [0.3, 0.4) is 0 Å². The third-order valence-electron chi connectivity index (χ3n) is 3.17. The van der Waals surface area contributed by atoms with Crippen molar-refractivity contribution in [3.63, 3.8) is 0 Å². The quantitative estimate of drug-likeness (QED) is 0.907. The number of nitrogens with one attached hydrogen (secondary N) is 2.